The number of carbonyl (C=O) groups excluding carboxylic acids is 2. The van der Waals surface area contributed by atoms with Crippen LogP contribution < -0.4 is 11.5 Å². The number of nitrogens with zero attached hydrogens (tertiary/aromatic N) is 1. The standard InChI is InChI=1S/C28H33N3O3/c1-17(2)15-24-23(16-29)26(21-9-5-18(3)6-10-21)25(19(4)31-24)28(33)34-14-13-20-7-11-22(12-8-20)27(30)32/h5-12,17H,13-16,29H2,1-4H3,(H2,30,32). The fourth-order valence-corrected chi connectivity index (χ4v) is 4.04. The molecule has 6 nitrogen and oxygen atoms in total. The monoisotopic (exact) mass is 459 g/mol. The summed E-state index contributed by atoms with van der Waals surface area (Å²) in [7, 11) is 0. The fraction of sp³-hybridized carbons (Fsp3) is 0.321. The van der Waals surface area contributed by atoms with Gasteiger partial charge in [-0.15, -0.1) is 0 Å². The number of carbonyl (C=O) groups is 2. The first-order chi connectivity index (χ1) is 16.2. The summed E-state index contributed by atoms with van der Waals surface area (Å²) in [5.41, 5.74) is 18.7. The molecule has 0 saturated carbocycles. The molecule has 0 saturated heterocycles. The zero-order chi connectivity index (χ0) is 24.8. The summed E-state index contributed by atoms with van der Waals surface area (Å²) in [6.45, 7) is 8.64. The SMILES string of the molecule is Cc1ccc(-c2c(CN)c(CC(C)C)nc(C)c2C(=O)OCCc2ccc(C(N)=O)cc2)cc1. The number of esters is 1. The molecular formula is C28H33N3O3. The Labute approximate surface area is 201 Å². The van der Waals surface area contributed by atoms with Gasteiger partial charge >= 0.3 is 5.97 Å². The number of aryl methyl sites for hydroxylation is 2. The number of hydrogen-bond donors (Lipinski definition) is 2. The number of aromatic nitrogens is 1. The average Bonchev–Trinajstić information content (AvgIpc) is 2.79. The van der Waals surface area contributed by atoms with Gasteiger partial charge in [-0.25, -0.2) is 4.79 Å². The summed E-state index contributed by atoms with van der Waals surface area (Å²) in [5, 5.41) is 0. The van der Waals surface area contributed by atoms with Crippen LogP contribution in [0.1, 0.15) is 62.6 Å². The van der Waals surface area contributed by atoms with Crippen molar-refractivity contribution in [3.63, 3.8) is 0 Å². The summed E-state index contributed by atoms with van der Waals surface area (Å²) in [6, 6.07) is 15.0. The highest BCUT2D eigenvalue weighted by Crippen LogP contribution is 2.33. The molecule has 178 valence electrons. The van der Waals surface area contributed by atoms with Gasteiger partial charge in [0.15, 0.2) is 0 Å². The Morgan fingerprint density at radius 3 is 2.21 bits per heavy atom. The van der Waals surface area contributed by atoms with E-state index in [1.807, 2.05) is 50.2 Å². The lowest BCUT2D eigenvalue weighted by Gasteiger charge is -2.20. The second-order valence-corrected chi connectivity index (χ2v) is 8.99. The molecule has 0 aliphatic carbocycles. The summed E-state index contributed by atoms with van der Waals surface area (Å²) in [4.78, 5) is 29.3. The number of ether oxygens (including phenoxy) is 1. The highest BCUT2D eigenvalue weighted by atomic mass is 16.5. The maximum absolute atomic E-state index is 13.3. The molecule has 0 spiro atoms. The summed E-state index contributed by atoms with van der Waals surface area (Å²) in [6.07, 6.45) is 1.30. The van der Waals surface area contributed by atoms with Crippen molar-refractivity contribution in [2.45, 2.75) is 47.1 Å². The van der Waals surface area contributed by atoms with Gasteiger partial charge in [0.1, 0.15) is 0 Å². The largest absolute Gasteiger partial charge is 0.462 e. The third kappa shape index (κ3) is 5.88. The van der Waals surface area contributed by atoms with Crippen LogP contribution in [0.2, 0.25) is 0 Å². The molecule has 4 N–H and O–H groups in total. The zero-order valence-electron chi connectivity index (χ0n) is 20.4. The summed E-state index contributed by atoms with van der Waals surface area (Å²) in [5.74, 6) is -0.483. The van der Waals surface area contributed by atoms with Crippen LogP contribution >= 0.6 is 0 Å². The first-order valence-electron chi connectivity index (χ1n) is 11.6. The van der Waals surface area contributed by atoms with E-state index in [1.54, 1.807) is 12.1 Å². The van der Waals surface area contributed by atoms with E-state index in [-0.39, 0.29) is 13.2 Å². The van der Waals surface area contributed by atoms with Gasteiger partial charge in [0.05, 0.1) is 17.9 Å². The minimum atomic E-state index is -0.471. The highest BCUT2D eigenvalue weighted by molar-refractivity contribution is 5.99. The molecule has 0 unspecified atom stereocenters. The Morgan fingerprint density at radius 1 is 1.00 bits per heavy atom. The van der Waals surface area contributed by atoms with Gasteiger partial charge in [0.25, 0.3) is 0 Å². The van der Waals surface area contributed by atoms with Gasteiger partial charge in [0.2, 0.25) is 5.91 Å². The number of hydrogen-bond acceptors (Lipinski definition) is 5. The normalized spacial score (nSPS) is 11.0. The molecule has 6 heteroatoms. The third-order valence-corrected chi connectivity index (χ3v) is 5.78. The predicted octanol–water partition coefficient (Wildman–Crippen LogP) is 4.52. The van der Waals surface area contributed by atoms with Crippen molar-refractivity contribution < 1.29 is 14.3 Å². The van der Waals surface area contributed by atoms with Gasteiger partial charge in [-0.2, -0.15) is 0 Å². The molecule has 34 heavy (non-hydrogen) atoms. The topological polar surface area (TPSA) is 108 Å². The predicted molar refractivity (Wildman–Crippen MR) is 135 cm³/mol. The Balaban J connectivity index is 1.93. The maximum atomic E-state index is 13.3. The van der Waals surface area contributed by atoms with Crippen molar-refractivity contribution in [2.24, 2.45) is 17.4 Å². The van der Waals surface area contributed by atoms with Crippen LogP contribution in [0.5, 0.6) is 0 Å². The van der Waals surface area contributed by atoms with Crippen LogP contribution in [-0.4, -0.2) is 23.5 Å². The highest BCUT2D eigenvalue weighted by Gasteiger charge is 2.24. The molecule has 1 heterocycles. The van der Waals surface area contributed by atoms with Crippen molar-refractivity contribution in [1.82, 2.24) is 4.98 Å². The zero-order valence-corrected chi connectivity index (χ0v) is 20.4. The van der Waals surface area contributed by atoms with E-state index in [1.165, 1.54) is 0 Å². The molecule has 1 aromatic heterocycles. The van der Waals surface area contributed by atoms with E-state index in [9.17, 15) is 9.59 Å². The quantitative estimate of drug-likeness (QED) is 0.457. The number of primary amides is 1. The Kier molecular flexibility index (Phi) is 8.18. The van der Waals surface area contributed by atoms with Crippen LogP contribution in [0.4, 0.5) is 0 Å². The second-order valence-electron chi connectivity index (χ2n) is 8.99. The summed E-state index contributed by atoms with van der Waals surface area (Å²) >= 11 is 0. The van der Waals surface area contributed by atoms with Crippen molar-refractivity contribution in [3.05, 3.63) is 87.7 Å². The van der Waals surface area contributed by atoms with Gasteiger partial charge in [-0.3, -0.25) is 9.78 Å². The molecule has 1 amide bonds. The van der Waals surface area contributed by atoms with Crippen molar-refractivity contribution >= 4 is 11.9 Å². The van der Waals surface area contributed by atoms with Crippen LogP contribution in [0.3, 0.4) is 0 Å². The number of rotatable bonds is 9. The molecule has 0 fully saturated rings. The fourth-order valence-electron chi connectivity index (χ4n) is 4.04. The van der Waals surface area contributed by atoms with Gasteiger partial charge in [-0.1, -0.05) is 55.8 Å². The maximum Gasteiger partial charge on any atom is 0.340 e. The lowest BCUT2D eigenvalue weighted by molar-refractivity contribution is 0.0508. The van der Waals surface area contributed by atoms with Crippen LogP contribution in [0, 0.1) is 19.8 Å². The van der Waals surface area contributed by atoms with Crippen LogP contribution in [0.25, 0.3) is 11.1 Å². The smallest absolute Gasteiger partial charge is 0.340 e. The first-order valence-corrected chi connectivity index (χ1v) is 11.6. The molecule has 3 aromatic rings. The third-order valence-electron chi connectivity index (χ3n) is 5.78. The molecule has 0 bridgehead atoms. The number of pyridine rings is 1. The molecule has 0 aliphatic heterocycles. The molecular weight excluding hydrogens is 426 g/mol. The van der Waals surface area contributed by atoms with E-state index in [4.69, 9.17) is 21.2 Å². The van der Waals surface area contributed by atoms with Crippen LogP contribution in [0.15, 0.2) is 48.5 Å². The Morgan fingerprint density at radius 2 is 1.65 bits per heavy atom. The molecule has 0 atom stereocenters. The number of nitrogens with two attached hydrogens (primary N) is 2. The van der Waals surface area contributed by atoms with E-state index in [0.717, 1.165) is 39.9 Å². The minimum absolute atomic E-state index is 0.202. The van der Waals surface area contributed by atoms with E-state index >= 15 is 0 Å². The van der Waals surface area contributed by atoms with E-state index in [0.29, 0.717) is 29.2 Å². The van der Waals surface area contributed by atoms with Crippen molar-refractivity contribution in [1.29, 1.82) is 0 Å². The van der Waals surface area contributed by atoms with Gasteiger partial charge in [-0.05, 0) is 55.0 Å². The second kappa shape index (κ2) is 11.1. The Hall–Kier alpha value is -3.51. The molecule has 2 aromatic carbocycles. The van der Waals surface area contributed by atoms with E-state index < -0.39 is 11.9 Å². The summed E-state index contributed by atoms with van der Waals surface area (Å²) < 4.78 is 5.69. The molecule has 0 radical (unpaired) electrons. The molecule has 3 rings (SSSR count). The number of amides is 1. The van der Waals surface area contributed by atoms with Crippen LogP contribution in [-0.2, 0) is 24.1 Å². The minimum Gasteiger partial charge on any atom is -0.462 e. The lowest BCUT2D eigenvalue weighted by Crippen LogP contribution is -2.18. The van der Waals surface area contributed by atoms with Crippen molar-refractivity contribution in [3.8, 4) is 11.1 Å². The van der Waals surface area contributed by atoms with Gasteiger partial charge < -0.3 is 16.2 Å². The molecule has 0 aliphatic rings. The Bertz CT molecular complexity index is 1170. The van der Waals surface area contributed by atoms with Gasteiger partial charge in [0, 0.05) is 29.8 Å². The van der Waals surface area contributed by atoms with Crippen molar-refractivity contribution in [2.75, 3.05) is 6.61 Å². The number of benzene rings is 2. The lowest BCUT2D eigenvalue weighted by atomic mass is 9.90. The average molecular weight is 460 g/mol. The first kappa shape index (κ1) is 25.1. The van der Waals surface area contributed by atoms with E-state index in [2.05, 4.69) is 13.8 Å².